The van der Waals surface area contributed by atoms with E-state index in [0.29, 0.717) is 18.0 Å². The van der Waals surface area contributed by atoms with Gasteiger partial charge in [0.25, 0.3) is 0 Å². The van der Waals surface area contributed by atoms with Crippen molar-refractivity contribution in [3.05, 3.63) is 24.3 Å². The van der Waals surface area contributed by atoms with Gasteiger partial charge in [-0.1, -0.05) is 18.2 Å². The molecule has 0 bridgehead atoms. The highest BCUT2D eigenvalue weighted by atomic mass is 15.2. The number of hydrogen-bond donors (Lipinski definition) is 0. The standard InChI is InChI=1S/C14H24N/c1-12(2)15(13(3)4)11-10-14-8-6-5-7-9-14/h5-6,9,12-14H,8,10-11H2,1-4H3. The van der Waals surface area contributed by atoms with Crippen LogP contribution in [0.25, 0.3) is 0 Å². The molecule has 0 N–H and O–H groups in total. The molecule has 1 rings (SSSR count). The minimum absolute atomic E-state index is 0.650. The topological polar surface area (TPSA) is 3.24 Å². The zero-order valence-corrected chi connectivity index (χ0v) is 10.5. The Balaban J connectivity index is 2.33. The van der Waals surface area contributed by atoms with Gasteiger partial charge in [0, 0.05) is 12.1 Å². The second-order valence-electron chi connectivity index (χ2n) is 4.95. The summed E-state index contributed by atoms with van der Waals surface area (Å²) in [6, 6.07) is 1.30. The lowest BCUT2D eigenvalue weighted by atomic mass is 9.96. The molecule has 0 aromatic carbocycles. The molecular weight excluding hydrogens is 182 g/mol. The van der Waals surface area contributed by atoms with Crippen LogP contribution in [0.3, 0.4) is 0 Å². The molecule has 0 amide bonds. The van der Waals surface area contributed by atoms with Gasteiger partial charge >= 0.3 is 0 Å². The van der Waals surface area contributed by atoms with Crippen LogP contribution in [-0.4, -0.2) is 23.5 Å². The largest absolute Gasteiger partial charge is 0.299 e. The lowest BCUT2D eigenvalue weighted by molar-refractivity contribution is 0.166. The van der Waals surface area contributed by atoms with Crippen LogP contribution in [-0.2, 0) is 0 Å². The third-order valence-electron chi connectivity index (χ3n) is 3.07. The van der Waals surface area contributed by atoms with Gasteiger partial charge in [0.15, 0.2) is 0 Å². The number of allylic oxidation sites excluding steroid dienone is 4. The zero-order chi connectivity index (χ0) is 11.3. The summed E-state index contributed by atoms with van der Waals surface area (Å²) in [5.74, 6) is 0.704. The third-order valence-corrected chi connectivity index (χ3v) is 3.07. The molecule has 0 aliphatic heterocycles. The molecule has 15 heavy (non-hydrogen) atoms. The summed E-state index contributed by atoms with van der Waals surface area (Å²) in [5.41, 5.74) is 0. The van der Waals surface area contributed by atoms with Crippen molar-refractivity contribution in [1.82, 2.24) is 4.90 Å². The minimum atomic E-state index is 0.650. The monoisotopic (exact) mass is 206 g/mol. The van der Waals surface area contributed by atoms with Gasteiger partial charge < -0.3 is 0 Å². The van der Waals surface area contributed by atoms with Gasteiger partial charge in [-0.15, -0.1) is 0 Å². The molecule has 0 aromatic rings. The highest BCUT2D eigenvalue weighted by Gasteiger charge is 2.15. The Morgan fingerprint density at radius 1 is 1.27 bits per heavy atom. The fraction of sp³-hybridized carbons (Fsp3) is 0.714. The molecule has 1 unspecified atom stereocenters. The first kappa shape index (κ1) is 12.5. The van der Waals surface area contributed by atoms with Crippen molar-refractivity contribution in [3.63, 3.8) is 0 Å². The third kappa shape index (κ3) is 4.21. The van der Waals surface area contributed by atoms with Crippen molar-refractivity contribution in [2.75, 3.05) is 6.54 Å². The Morgan fingerprint density at radius 2 is 1.93 bits per heavy atom. The van der Waals surface area contributed by atoms with E-state index in [0.717, 1.165) is 0 Å². The molecule has 0 saturated heterocycles. The number of hydrogen-bond acceptors (Lipinski definition) is 1. The fourth-order valence-electron chi connectivity index (χ4n) is 2.20. The first-order valence-electron chi connectivity index (χ1n) is 6.11. The lowest BCUT2D eigenvalue weighted by Gasteiger charge is -2.31. The molecule has 1 nitrogen and oxygen atoms in total. The highest BCUT2D eigenvalue weighted by molar-refractivity contribution is 5.05. The predicted molar refractivity (Wildman–Crippen MR) is 66.7 cm³/mol. The maximum absolute atomic E-state index is 3.19. The average Bonchev–Trinajstić information content (AvgIpc) is 2.18. The smallest absolute Gasteiger partial charge is 0.00412 e. The highest BCUT2D eigenvalue weighted by Crippen LogP contribution is 2.17. The summed E-state index contributed by atoms with van der Waals surface area (Å²) < 4.78 is 0. The quantitative estimate of drug-likeness (QED) is 0.666. The maximum atomic E-state index is 3.19. The molecule has 1 heteroatoms. The van der Waals surface area contributed by atoms with Crippen molar-refractivity contribution in [2.45, 2.75) is 52.6 Å². The molecular formula is C14H24N. The first-order chi connectivity index (χ1) is 7.11. The van der Waals surface area contributed by atoms with Crippen LogP contribution in [0.4, 0.5) is 0 Å². The van der Waals surface area contributed by atoms with Crippen LogP contribution in [0.1, 0.15) is 40.5 Å². The molecule has 0 heterocycles. The van der Waals surface area contributed by atoms with E-state index in [-0.39, 0.29) is 0 Å². The summed E-state index contributed by atoms with van der Waals surface area (Å²) in [7, 11) is 0. The van der Waals surface area contributed by atoms with E-state index in [9.17, 15) is 0 Å². The summed E-state index contributed by atoms with van der Waals surface area (Å²) in [5, 5.41) is 0. The average molecular weight is 206 g/mol. The summed E-state index contributed by atoms with van der Waals surface area (Å²) in [6.07, 6.45) is 12.1. The Hall–Kier alpha value is -0.560. The SMILES string of the molecule is CC(C)N(CCC1C=[C]C=CC1)C(C)C. The number of nitrogens with zero attached hydrogens (tertiary/aromatic N) is 1. The van der Waals surface area contributed by atoms with Gasteiger partial charge in [-0.2, -0.15) is 0 Å². The molecule has 1 aliphatic carbocycles. The molecule has 1 atom stereocenters. The van der Waals surface area contributed by atoms with Crippen LogP contribution in [0, 0.1) is 12.0 Å². The summed E-state index contributed by atoms with van der Waals surface area (Å²) in [6.45, 7) is 10.3. The van der Waals surface area contributed by atoms with Crippen molar-refractivity contribution < 1.29 is 0 Å². The van der Waals surface area contributed by atoms with E-state index < -0.39 is 0 Å². The van der Waals surface area contributed by atoms with Gasteiger partial charge in [-0.05, 0) is 59.1 Å². The van der Waals surface area contributed by atoms with Crippen molar-refractivity contribution in [3.8, 4) is 0 Å². The summed E-state index contributed by atoms with van der Waals surface area (Å²) in [4.78, 5) is 2.56. The van der Waals surface area contributed by atoms with E-state index in [2.05, 4.69) is 50.8 Å². The second-order valence-corrected chi connectivity index (χ2v) is 4.95. The van der Waals surface area contributed by atoms with E-state index in [4.69, 9.17) is 0 Å². The zero-order valence-electron chi connectivity index (χ0n) is 10.5. The van der Waals surface area contributed by atoms with Crippen LogP contribution in [0.15, 0.2) is 18.2 Å². The van der Waals surface area contributed by atoms with E-state index in [1.54, 1.807) is 0 Å². The van der Waals surface area contributed by atoms with Gasteiger partial charge in [0.2, 0.25) is 0 Å². The molecule has 1 aliphatic rings. The van der Waals surface area contributed by atoms with Crippen LogP contribution in [0.5, 0.6) is 0 Å². The molecule has 1 radical (unpaired) electrons. The van der Waals surface area contributed by atoms with Gasteiger partial charge in [0.1, 0.15) is 0 Å². The predicted octanol–water partition coefficient (Wildman–Crippen LogP) is 3.43. The van der Waals surface area contributed by atoms with Gasteiger partial charge in [-0.3, -0.25) is 4.90 Å². The van der Waals surface area contributed by atoms with E-state index in [1.807, 2.05) is 6.08 Å². The van der Waals surface area contributed by atoms with Crippen molar-refractivity contribution in [1.29, 1.82) is 0 Å². The molecule has 0 aromatic heterocycles. The lowest BCUT2D eigenvalue weighted by Crippen LogP contribution is -2.38. The van der Waals surface area contributed by atoms with Crippen LogP contribution in [0.2, 0.25) is 0 Å². The van der Waals surface area contributed by atoms with Gasteiger partial charge in [-0.25, -0.2) is 0 Å². The Labute approximate surface area is 94.9 Å². The van der Waals surface area contributed by atoms with E-state index >= 15 is 0 Å². The Morgan fingerprint density at radius 3 is 2.40 bits per heavy atom. The summed E-state index contributed by atoms with van der Waals surface area (Å²) >= 11 is 0. The van der Waals surface area contributed by atoms with Crippen molar-refractivity contribution in [2.24, 2.45) is 5.92 Å². The van der Waals surface area contributed by atoms with Crippen LogP contribution >= 0.6 is 0 Å². The van der Waals surface area contributed by atoms with Crippen LogP contribution < -0.4 is 0 Å². The van der Waals surface area contributed by atoms with Crippen molar-refractivity contribution >= 4 is 0 Å². The Bertz CT molecular complexity index is 217. The number of rotatable bonds is 5. The van der Waals surface area contributed by atoms with Gasteiger partial charge in [0.05, 0.1) is 0 Å². The molecule has 0 spiro atoms. The molecule has 0 fully saturated rings. The minimum Gasteiger partial charge on any atom is -0.299 e. The first-order valence-corrected chi connectivity index (χ1v) is 6.11. The Kier molecular flexibility index (Phi) is 5.10. The maximum Gasteiger partial charge on any atom is 0.00412 e. The van der Waals surface area contributed by atoms with E-state index in [1.165, 1.54) is 19.4 Å². The fourth-order valence-corrected chi connectivity index (χ4v) is 2.20. The normalized spacial score (nSPS) is 20.9. The second kappa shape index (κ2) is 6.12. The molecule has 85 valence electrons. The molecule has 0 saturated carbocycles.